The SMILES string of the molecule is COC(=O)CN1C[C@H]2COC[C@@H]1CN(C(=O)c1c(C)cc(C3CCC3)oc1=O)C2. The highest BCUT2D eigenvalue weighted by molar-refractivity contribution is 5.95. The molecule has 1 amide bonds. The summed E-state index contributed by atoms with van der Waals surface area (Å²) in [5, 5.41) is 0. The second kappa shape index (κ2) is 8.28. The van der Waals surface area contributed by atoms with Gasteiger partial charge in [-0.2, -0.15) is 0 Å². The molecule has 0 spiro atoms. The van der Waals surface area contributed by atoms with Crippen LogP contribution in [-0.4, -0.2) is 74.2 Å². The topological polar surface area (TPSA) is 89.3 Å². The molecule has 2 bridgehead atoms. The van der Waals surface area contributed by atoms with E-state index in [0.717, 1.165) is 19.3 Å². The van der Waals surface area contributed by atoms with Crippen LogP contribution in [-0.2, 0) is 14.3 Å². The molecule has 2 saturated heterocycles. The quantitative estimate of drug-likeness (QED) is 0.696. The minimum Gasteiger partial charge on any atom is -0.468 e. The molecule has 1 aromatic heterocycles. The predicted octanol–water partition coefficient (Wildman–Crippen LogP) is 1.16. The van der Waals surface area contributed by atoms with Gasteiger partial charge in [-0.05, 0) is 31.4 Å². The molecule has 8 nitrogen and oxygen atoms in total. The lowest BCUT2D eigenvalue weighted by Crippen LogP contribution is -2.48. The van der Waals surface area contributed by atoms with E-state index in [1.165, 1.54) is 7.11 Å². The Morgan fingerprint density at radius 1 is 1.21 bits per heavy atom. The van der Waals surface area contributed by atoms with Crippen molar-refractivity contribution in [3.63, 3.8) is 0 Å². The number of carbonyl (C=O) groups is 2. The fourth-order valence-corrected chi connectivity index (χ4v) is 4.46. The van der Waals surface area contributed by atoms with Crippen molar-refractivity contribution in [3.8, 4) is 0 Å². The Kier molecular flexibility index (Phi) is 5.74. The van der Waals surface area contributed by atoms with Crippen molar-refractivity contribution in [2.24, 2.45) is 5.92 Å². The molecule has 2 aliphatic heterocycles. The van der Waals surface area contributed by atoms with E-state index in [1.807, 2.05) is 11.0 Å². The molecule has 0 N–H and O–H groups in total. The zero-order chi connectivity index (χ0) is 20.5. The van der Waals surface area contributed by atoms with E-state index in [0.29, 0.717) is 50.1 Å². The molecule has 4 rings (SSSR count). The number of amides is 1. The number of carbonyl (C=O) groups excluding carboxylic acids is 2. The molecule has 1 aliphatic carbocycles. The molecule has 29 heavy (non-hydrogen) atoms. The first-order valence-electron chi connectivity index (χ1n) is 10.3. The fraction of sp³-hybridized carbons (Fsp3) is 0.667. The van der Waals surface area contributed by atoms with Crippen LogP contribution in [0.2, 0.25) is 0 Å². The molecule has 1 saturated carbocycles. The molecule has 8 heteroatoms. The molecule has 0 aromatic carbocycles. The molecule has 1 aromatic rings. The largest absolute Gasteiger partial charge is 0.468 e. The van der Waals surface area contributed by atoms with E-state index in [2.05, 4.69) is 0 Å². The van der Waals surface area contributed by atoms with Crippen LogP contribution in [0.4, 0.5) is 0 Å². The van der Waals surface area contributed by atoms with Crippen LogP contribution >= 0.6 is 0 Å². The Balaban J connectivity index is 1.56. The predicted molar refractivity (Wildman–Crippen MR) is 104 cm³/mol. The first-order chi connectivity index (χ1) is 14.0. The number of rotatable bonds is 4. The summed E-state index contributed by atoms with van der Waals surface area (Å²) < 4.78 is 16.1. The number of hydrogen-bond acceptors (Lipinski definition) is 7. The van der Waals surface area contributed by atoms with Crippen molar-refractivity contribution in [3.05, 3.63) is 33.4 Å². The number of aryl methyl sites for hydroxylation is 1. The average Bonchev–Trinajstić information content (AvgIpc) is 2.89. The smallest absolute Gasteiger partial charge is 0.349 e. The van der Waals surface area contributed by atoms with Gasteiger partial charge in [0.1, 0.15) is 11.3 Å². The van der Waals surface area contributed by atoms with Crippen LogP contribution in [0, 0.1) is 12.8 Å². The van der Waals surface area contributed by atoms with Gasteiger partial charge in [-0.3, -0.25) is 14.5 Å². The lowest BCUT2D eigenvalue weighted by Gasteiger charge is -2.31. The number of methoxy groups -OCH3 is 1. The van der Waals surface area contributed by atoms with Crippen molar-refractivity contribution in [1.82, 2.24) is 9.80 Å². The summed E-state index contributed by atoms with van der Waals surface area (Å²) in [6.45, 7) is 4.46. The Morgan fingerprint density at radius 3 is 2.66 bits per heavy atom. The summed E-state index contributed by atoms with van der Waals surface area (Å²) in [7, 11) is 1.37. The Bertz CT molecular complexity index is 846. The second-order valence-corrected chi connectivity index (χ2v) is 8.40. The Morgan fingerprint density at radius 2 is 2.00 bits per heavy atom. The normalized spacial score (nSPS) is 25.2. The summed E-state index contributed by atoms with van der Waals surface area (Å²) in [5.41, 5.74) is 0.243. The van der Waals surface area contributed by atoms with Crippen LogP contribution in [0.1, 0.15) is 46.9 Å². The Labute approximate surface area is 169 Å². The van der Waals surface area contributed by atoms with Gasteiger partial charge in [0, 0.05) is 31.5 Å². The van der Waals surface area contributed by atoms with E-state index < -0.39 is 5.63 Å². The van der Waals surface area contributed by atoms with Crippen LogP contribution in [0.15, 0.2) is 15.3 Å². The van der Waals surface area contributed by atoms with Crippen LogP contribution in [0.3, 0.4) is 0 Å². The lowest BCUT2D eigenvalue weighted by molar-refractivity contribution is -0.142. The Hall–Kier alpha value is -2.19. The van der Waals surface area contributed by atoms with E-state index >= 15 is 0 Å². The van der Waals surface area contributed by atoms with Crippen LogP contribution < -0.4 is 5.63 Å². The number of nitrogens with zero attached hydrogens (tertiary/aromatic N) is 2. The van der Waals surface area contributed by atoms with Gasteiger partial charge < -0.3 is 18.8 Å². The highest BCUT2D eigenvalue weighted by Crippen LogP contribution is 2.36. The first kappa shape index (κ1) is 20.1. The van der Waals surface area contributed by atoms with Crippen molar-refractivity contribution in [2.45, 2.75) is 38.1 Å². The minimum absolute atomic E-state index is 0.0673. The van der Waals surface area contributed by atoms with E-state index in [-0.39, 0.29) is 35.9 Å². The lowest BCUT2D eigenvalue weighted by atomic mass is 9.83. The molecule has 3 fully saturated rings. The summed E-state index contributed by atoms with van der Waals surface area (Å²) in [5.74, 6) is 0.456. The molecular weight excluding hydrogens is 376 g/mol. The zero-order valence-corrected chi connectivity index (χ0v) is 17.0. The maximum absolute atomic E-state index is 13.3. The number of hydrogen-bond donors (Lipinski definition) is 0. The summed E-state index contributed by atoms with van der Waals surface area (Å²) in [6, 6.07) is 1.73. The molecule has 0 radical (unpaired) electrons. The van der Waals surface area contributed by atoms with Crippen molar-refractivity contribution in [1.29, 1.82) is 0 Å². The van der Waals surface area contributed by atoms with Gasteiger partial charge in [-0.25, -0.2) is 4.79 Å². The summed E-state index contributed by atoms with van der Waals surface area (Å²) in [6.07, 6.45) is 3.21. The van der Waals surface area contributed by atoms with Gasteiger partial charge in [0.05, 0.1) is 32.9 Å². The molecule has 3 aliphatic rings. The first-order valence-corrected chi connectivity index (χ1v) is 10.3. The highest BCUT2D eigenvalue weighted by atomic mass is 16.5. The van der Waals surface area contributed by atoms with Crippen LogP contribution in [0.5, 0.6) is 0 Å². The number of fused-ring (bicyclic) bond motifs is 3. The van der Waals surface area contributed by atoms with E-state index in [9.17, 15) is 14.4 Å². The van der Waals surface area contributed by atoms with Crippen LogP contribution in [0.25, 0.3) is 0 Å². The molecule has 3 heterocycles. The second-order valence-electron chi connectivity index (χ2n) is 8.40. The monoisotopic (exact) mass is 404 g/mol. The highest BCUT2D eigenvalue weighted by Gasteiger charge is 2.37. The molecular formula is C21H28N2O6. The van der Waals surface area contributed by atoms with Gasteiger partial charge in [-0.15, -0.1) is 0 Å². The maximum atomic E-state index is 13.3. The fourth-order valence-electron chi connectivity index (χ4n) is 4.46. The summed E-state index contributed by atoms with van der Waals surface area (Å²) in [4.78, 5) is 41.5. The molecule has 2 atom stereocenters. The number of esters is 1. The van der Waals surface area contributed by atoms with Gasteiger partial charge in [0.15, 0.2) is 0 Å². The third-order valence-electron chi connectivity index (χ3n) is 6.32. The minimum atomic E-state index is -0.547. The van der Waals surface area contributed by atoms with E-state index in [1.54, 1.807) is 11.8 Å². The molecule has 158 valence electrons. The van der Waals surface area contributed by atoms with E-state index in [4.69, 9.17) is 13.9 Å². The molecule has 0 unspecified atom stereocenters. The van der Waals surface area contributed by atoms with Gasteiger partial charge >= 0.3 is 11.6 Å². The van der Waals surface area contributed by atoms with Gasteiger partial charge in [0.2, 0.25) is 0 Å². The third kappa shape index (κ3) is 4.09. The van der Waals surface area contributed by atoms with Crippen molar-refractivity contribution < 1.29 is 23.5 Å². The van der Waals surface area contributed by atoms with Crippen molar-refractivity contribution in [2.75, 3.05) is 46.5 Å². The standard InChI is InChI=1S/C21H28N2O6/c1-13-6-17(15-4-3-5-15)29-21(26)19(13)20(25)23-8-14-7-22(10-18(24)27-2)16(9-23)12-28-11-14/h6,14-16H,3-5,7-12H2,1-2H3/t14-,16+/m1/s1. The van der Waals surface area contributed by atoms with Crippen molar-refractivity contribution >= 4 is 11.9 Å². The maximum Gasteiger partial charge on any atom is 0.349 e. The zero-order valence-electron chi connectivity index (χ0n) is 17.0. The van der Waals surface area contributed by atoms with Gasteiger partial charge in [0.25, 0.3) is 5.91 Å². The summed E-state index contributed by atoms with van der Waals surface area (Å²) >= 11 is 0. The van der Waals surface area contributed by atoms with Gasteiger partial charge in [-0.1, -0.05) is 6.42 Å². The number of ether oxygens (including phenoxy) is 2. The average molecular weight is 404 g/mol. The third-order valence-corrected chi connectivity index (χ3v) is 6.32.